The molecule has 4 N–H and O–H groups in total. The third kappa shape index (κ3) is 4.97. The van der Waals surface area contributed by atoms with Crippen LogP contribution in [0.3, 0.4) is 0 Å². The molecule has 3 aromatic heterocycles. The Morgan fingerprint density at radius 1 is 1.09 bits per heavy atom. The number of aliphatic hydroxyl groups excluding tert-OH is 2. The lowest BCUT2D eigenvalue weighted by Crippen LogP contribution is -2.36. The van der Waals surface area contributed by atoms with Gasteiger partial charge in [-0.3, -0.25) is 4.98 Å². The summed E-state index contributed by atoms with van der Waals surface area (Å²) in [5, 5.41) is 28.7. The first-order chi connectivity index (χ1) is 16.6. The molecule has 188 valence electrons. The lowest BCUT2D eigenvalue weighted by molar-refractivity contribution is 0.0216. The first-order valence-corrected chi connectivity index (χ1v) is 14.5. The number of thiazole rings is 1. The highest BCUT2D eigenvalue weighted by molar-refractivity contribution is 7.91. The SMILES string of the molecule is CCS(=O)(=O)C[C@H]1C[C@@H](Nc2nc(NC3CC3)nc(C)c2-c2nc3c(C)nccc3s2)[C@H](O)[C@@H]1O. The summed E-state index contributed by atoms with van der Waals surface area (Å²) < 4.78 is 25.3. The van der Waals surface area contributed by atoms with Crippen molar-refractivity contribution in [2.75, 3.05) is 22.1 Å². The summed E-state index contributed by atoms with van der Waals surface area (Å²) in [6.07, 6.45) is 1.93. The molecule has 5 rings (SSSR count). The van der Waals surface area contributed by atoms with Crippen LogP contribution in [0, 0.1) is 19.8 Å². The average Bonchev–Trinajstić information content (AvgIpc) is 3.45. The number of nitrogens with zero attached hydrogens (tertiary/aromatic N) is 4. The van der Waals surface area contributed by atoms with E-state index in [1.165, 1.54) is 11.3 Å². The number of hydrogen-bond donors (Lipinski definition) is 4. The maximum atomic E-state index is 12.2. The molecule has 3 heterocycles. The number of pyridine rings is 1. The normalized spacial score (nSPS) is 24.7. The largest absolute Gasteiger partial charge is 0.390 e. The summed E-state index contributed by atoms with van der Waals surface area (Å²) in [5.41, 5.74) is 3.10. The molecule has 0 bridgehead atoms. The van der Waals surface area contributed by atoms with Crippen LogP contribution in [0.4, 0.5) is 11.8 Å². The van der Waals surface area contributed by atoms with E-state index in [9.17, 15) is 18.6 Å². The Bertz CT molecular complexity index is 1360. The smallest absolute Gasteiger partial charge is 0.225 e. The maximum absolute atomic E-state index is 12.2. The molecule has 12 heteroatoms. The number of fused-ring (bicyclic) bond motifs is 1. The third-order valence-corrected chi connectivity index (χ3v) is 9.59. The molecule has 0 radical (unpaired) electrons. The van der Waals surface area contributed by atoms with Crippen LogP contribution >= 0.6 is 11.3 Å². The van der Waals surface area contributed by atoms with Crippen molar-refractivity contribution in [1.29, 1.82) is 0 Å². The molecule has 0 spiro atoms. The standard InChI is InChI=1S/C23H30N6O4S2/c1-4-35(32,33)10-13-9-15(20(31)19(13)30)27-21-17(11(2)25-23(29-21)26-14-5-6-14)22-28-18-12(3)24-8-7-16(18)34-22/h7-8,13-15,19-20,30-31H,4-6,9-10H2,1-3H3,(H2,25,26,27,29)/t13-,15-,19-,20+/m1/s1. The predicted octanol–water partition coefficient (Wildman–Crippen LogP) is 2.30. The quantitative estimate of drug-likeness (QED) is 0.350. The van der Waals surface area contributed by atoms with Gasteiger partial charge in [-0.25, -0.2) is 18.4 Å². The van der Waals surface area contributed by atoms with Gasteiger partial charge in [0.25, 0.3) is 0 Å². The van der Waals surface area contributed by atoms with Crippen molar-refractivity contribution in [3.05, 3.63) is 23.7 Å². The Kier molecular flexibility index (Phi) is 6.41. The number of aromatic nitrogens is 4. The van der Waals surface area contributed by atoms with Crippen molar-refractivity contribution in [2.24, 2.45) is 5.92 Å². The van der Waals surface area contributed by atoms with Crippen LogP contribution in [0.1, 0.15) is 37.6 Å². The summed E-state index contributed by atoms with van der Waals surface area (Å²) in [5.74, 6) is 0.281. The van der Waals surface area contributed by atoms with E-state index in [2.05, 4.69) is 20.6 Å². The summed E-state index contributed by atoms with van der Waals surface area (Å²) >= 11 is 1.51. The van der Waals surface area contributed by atoms with Crippen molar-refractivity contribution in [3.8, 4) is 10.6 Å². The fraction of sp³-hybridized carbons (Fsp3) is 0.565. The van der Waals surface area contributed by atoms with Gasteiger partial charge in [0.05, 0.1) is 39.5 Å². The number of anilines is 2. The topological polar surface area (TPSA) is 150 Å². The highest BCUT2D eigenvalue weighted by Gasteiger charge is 2.43. The van der Waals surface area contributed by atoms with Crippen molar-refractivity contribution < 1.29 is 18.6 Å². The van der Waals surface area contributed by atoms with Gasteiger partial charge in [-0.05, 0) is 39.2 Å². The molecular weight excluding hydrogens is 488 g/mol. The molecule has 2 saturated carbocycles. The van der Waals surface area contributed by atoms with Gasteiger partial charge < -0.3 is 20.8 Å². The first kappa shape index (κ1) is 24.3. The van der Waals surface area contributed by atoms with Crippen LogP contribution in [0.15, 0.2) is 12.3 Å². The Hall–Kier alpha value is -2.41. The molecule has 4 atom stereocenters. The van der Waals surface area contributed by atoms with Crippen LogP contribution in [-0.4, -0.2) is 74.4 Å². The third-order valence-electron chi connectivity index (χ3n) is 6.74. The Morgan fingerprint density at radius 3 is 2.54 bits per heavy atom. The second-order valence-corrected chi connectivity index (χ2v) is 12.9. The Balaban J connectivity index is 1.51. The summed E-state index contributed by atoms with van der Waals surface area (Å²) in [6, 6.07) is 1.71. The fourth-order valence-corrected chi connectivity index (χ4v) is 6.88. The molecule has 35 heavy (non-hydrogen) atoms. The van der Waals surface area contributed by atoms with E-state index >= 15 is 0 Å². The van der Waals surface area contributed by atoms with Gasteiger partial charge in [-0.1, -0.05) is 6.92 Å². The number of aliphatic hydroxyl groups is 2. The highest BCUT2D eigenvalue weighted by Crippen LogP contribution is 2.39. The number of rotatable bonds is 8. The fourth-order valence-electron chi connectivity index (χ4n) is 4.55. The monoisotopic (exact) mass is 518 g/mol. The van der Waals surface area contributed by atoms with Crippen LogP contribution in [0.25, 0.3) is 20.8 Å². The van der Waals surface area contributed by atoms with E-state index in [1.54, 1.807) is 13.1 Å². The molecule has 0 aliphatic heterocycles. The molecule has 0 saturated heterocycles. The van der Waals surface area contributed by atoms with Gasteiger partial charge in [-0.15, -0.1) is 11.3 Å². The minimum Gasteiger partial charge on any atom is -0.390 e. The zero-order chi connectivity index (χ0) is 24.9. The second-order valence-electron chi connectivity index (χ2n) is 9.46. The Labute approximate surface area is 208 Å². The van der Waals surface area contributed by atoms with Gasteiger partial charge in [0.15, 0.2) is 0 Å². The van der Waals surface area contributed by atoms with Gasteiger partial charge in [-0.2, -0.15) is 4.98 Å². The summed E-state index contributed by atoms with van der Waals surface area (Å²) in [7, 11) is -3.29. The lowest BCUT2D eigenvalue weighted by atomic mass is 10.1. The van der Waals surface area contributed by atoms with E-state index in [0.717, 1.165) is 45.0 Å². The van der Waals surface area contributed by atoms with E-state index in [1.807, 2.05) is 19.9 Å². The van der Waals surface area contributed by atoms with Crippen molar-refractivity contribution in [2.45, 2.75) is 64.3 Å². The molecule has 0 unspecified atom stereocenters. The molecule has 2 aliphatic carbocycles. The van der Waals surface area contributed by atoms with Gasteiger partial charge in [0.1, 0.15) is 32.3 Å². The van der Waals surface area contributed by atoms with E-state index in [-0.39, 0.29) is 11.5 Å². The van der Waals surface area contributed by atoms with Gasteiger partial charge in [0, 0.05) is 23.9 Å². The van der Waals surface area contributed by atoms with Gasteiger partial charge in [0.2, 0.25) is 5.95 Å². The van der Waals surface area contributed by atoms with E-state index in [0.29, 0.717) is 24.2 Å². The molecule has 2 fully saturated rings. The van der Waals surface area contributed by atoms with E-state index < -0.39 is 34.0 Å². The number of aryl methyl sites for hydroxylation is 2. The average molecular weight is 519 g/mol. The molecule has 2 aliphatic rings. The number of hydrogen-bond acceptors (Lipinski definition) is 11. The Morgan fingerprint density at radius 2 is 1.86 bits per heavy atom. The summed E-state index contributed by atoms with van der Waals surface area (Å²) in [6.45, 7) is 5.40. The minimum absolute atomic E-state index is 0.00173. The van der Waals surface area contributed by atoms with Crippen LogP contribution in [-0.2, 0) is 9.84 Å². The first-order valence-electron chi connectivity index (χ1n) is 11.9. The molecule has 0 aromatic carbocycles. The minimum atomic E-state index is -3.29. The van der Waals surface area contributed by atoms with Crippen molar-refractivity contribution in [1.82, 2.24) is 19.9 Å². The zero-order valence-corrected chi connectivity index (χ0v) is 21.5. The van der Waals surface area contributed by atoms with Crippen molar-refractivity contribution in [3.63, 3.8) is 0 Å². The van der Waals surface area contributed by atoms with Crippen LogP contribution in [0.2, 0.25) is 0 Å². The van der Waals surface area contributed by atoms with Crippen LogP contribution < -0.4 is 10.6 Å². The molecular formula is C23H30N6O4S2. The highest BCUT2D eigenvalue weighted by atomic mass is 32.2. The van der Waals surface area contributed by atoms with Crippen molar-refractivity contribution >= 4 is 43.2 Å². The molecule has 0 amide bonds. The lowest BCUT2D eigenvalue weighted by Gasteiger charge is -2.21. The molecule has 10 nitrogen and oxygen atoms in total. The van der Waals surface area contributed by atoms with Gasteiger partial charge >= 0.3 is 0 Å². The second kappa shape index (κ2) is 9.23. The van der Waals surface area contributed by atoms with E-state index in [4.69, 9.17) is 9.97 Å². The molecule has 3 aromatic rings. The number of nitrogens with one attached hydrogen (secondary N) is 2. The number of sulfone groups is 1. The zero-order valence-electron chi connectivity index (χ0n) is 19.9. The summed E-state index contributed by atoms with van der Waals surface area (Å²) in [4.78, 5) is 18.5. The maximum Gasteiger partial charge on any atom is 0.225 e. The predicted molar refractivity (Wildman–Crippen MR) is 136 cm³/mol. The van der Waals surface area contributed by atoms with Crippen LogP contribution in [0.5, 0.6) is 0 Å².